The molecule has 8 N–H and O–H groups in total. The van der Waals surface area contributed by atoms with Gasteiger partial charge in [-0.1, -0.05) is 0 Å². The molecule has 1 saturated heterocycles. The minimum atomic E-state index is -1.90. The van der Waals surface area contributed by atoms with Crippen LogP contribution in [-0.4, -0.2) is 81.1 Å². The van der Waals surface area contributed by atoms with E-state index in [1.165, 1.54) is 13.8 Å². The molecule has 14 heteroatoms. The zero-order valence-electron chi connectivity index (χ0n) is 20.8. The number of rotatable bonds is 10. The summed E-state index contributed by atoms with van der Waals surface area (Å²) < 4.78 is 11.9. The van der Waals surface area contributed by atoms with E-state index < -0.39 is 58.5 Å². The zero-order chi connectivity index (χ0) is 26.9. The molecule has 1 aliphatic rings. The van der Waals surface area contributed by atoms with Crippen molar-refractivity contribution < 1.29 is 28.7 Å². The number of nitrogens with one attached hydrogen (secondary N) is 4. The summed E-state index contributed by atoms with van der Waals surface area (Å²) in [6.07, 6.45) is 0.570. The molecule has 4 atom stereocenters. The van der Waals surface area contributed by atoms with E-state index in [0.717, 1.165) is 9.80 Å². The highest BCUT2D eigenvalue weighted by atomic mass is 16.6. The Balaban J connectivity index is 3.89. The van der Waals surface area contributed by atoms with E-state index in [4.69, 9.17) is 31.8 Å². The molecule has 4 amide bonds. The van der Waals surface area contributed by atoms with Gasteiger partial charge in [0.15, 0.2) is 12.1 Å². The predicted octanol–water partition coefficient (Wildman–Crippen LogP) is -1.26. The Morgan fingerprint density at radius 3 is 1.21 bits per heavy atom. The molecule has 1 rings (SSSR count). The number of hydrogen-bond donors (Lipinski definition) is 6. The minimum absolute atomic E-state index is 0.285. The molecule has 1 heterocycles. The Hall–Kier alpha value is -3.26. The summed E-state index contributed by atoms with van der Waals surface area (Å²) in [6, 6.07) is -3.45. The first-order chi connectivity index (χ1) is 15.2. The van der Waals surface area contributed by atoms with Crippen molar-refractivity contribution in [2.45, 2.75) is 90.4 Å². The average Bonchev–Trinajstić information content (AvgIpc) is 2.58. The number of ether oxygens (including phenoxy) is 2. The average molecular weight is 485 g/mol. The molecule has 0 bridgehead atoms. The second-order valence-corrected chi connectivity index (χ2v) is 10.0. The SMILES string of the molecule is CC(C)(C)OC(C)(NC=O)N1C(=N)C(C(N)=O)N(C(C)(NC=O)OC(C)(C)C)C(=N)C1C(N)=O. The lowest BCUT2D eigenvalue weighted by molar-refractivity contribution is -0.222. The van der Waals surface area contributed by atoms with E-state index in [9.17, 15) is 19.2 Å². The molecule has 0 aromatic rings. The molecule has 192 valence electrons. The standard InChI is InChI=1S/C20H36N8O6/c1-17(2,3)33-19(7,25-9-29)27-11(15(23)31)14(22)28(12(13(27)21)16(24)32)20(8,26-10-30)34-18(4,5)6/h9-12,21-22H,1-8H3,(H2,23,31)(H2,24,32)(H,25,29)(H,26,30). The molecular formula is C20H36N8O6. The van der Waals surface area contributed by atoms with Crippen LogP contribution >= 0.6 is 0 Å². The van der Waals surface area contributed by atoms with Crippen molar-refractivity contribution in [3.63, 3.8) is 0 Å². The minimum Gasteiger partial charge on any atom is -0.367 e. The van der Waals surface area contributed by atoms with Gasteiger partial charge in [0.25, 0.3) is 0 Å². The number of piperazine rings is 1. The first-order valence-corrected chi connectivity index (χ1v) is 10.4. The van der Waals surface area contributed by atoms with Gasteiger partial charge < -0.3 is 31.6 Å². The van der Waals surface area contributed by atoms with Gasteiger partial charge in [-0.15, -0.1) is 0 Å². The van der Waals surface area contributed by atoms with Gasteiger partial charge in [0.2, 0.25) is 36.3 Å². The Bertz CT molecular complexity index is 796. The van der Waals surface area contributed by atoms with E-state index in [1.54, 1.807) is 41.5 Å². The Morgan fingerprint density at radius 1 is 0.765 bits per heavy atom. The number of amidine groups is 2. The van der Waals surface area contributed by atoms with Crippen molar-refractivity contribution in [3.8, 4) is 0 Å². The second-order valence-electron chi connectivity index (χ2n) is 10.0. The molecule has 0 radical (unpaired) electrons. The third-order valence-electron chi connectivity index (χ3n) is 4.68. The van der Waals surface area contributed by atoms with Gasteiger partial charge in [-0.2, -0.15) is 0 Å². The van der Waals surface area contributed by atoms with Crippen LogP contribution in [-0.2, 0) is 28.7 Å². The van der Waals surface area contributed by atoms with Gasteiger partial charge in [0.05, 0.1) is 11.2 Å². The number of hydrogen-bond acceptors (Lipinski definition) is 8. The summed E-state index contributed by atoms with van der Waals surface area (Å²) in [6.45, 7) is 12.7. The molecule has 1 fully saturated rings. The molecule has 0 aliphatic carbocycles. The van der Waals surface area contributed by atoms with Gasteiger partial charge in [-0.05, 0) is 41.5 Å². The van der Waals surface area contributed by atoms with E-state index in [2.05, 4.69) is 10.6 Å². The fourth-order valence-electron chi connectivity index (χ4n) is 3.97. The first-order valence-electron chi connectivity index (χ1n) is 10.4. The molecule has 34 heavy (non-hydrogen) atoms. The topological polar surface area (TPSA) is 217 Å². The Morgan fingerprint density at radius 2 is 1.03 bits per heavy atom. The summed E-state index contributed by atoms with van der Waals surface area (Å²) in [5.41, 5.74) is 9.43. The summed E-state index contributed by atoms with van der Waals surface area (Å²) in [7, 11) is 0. The number of nitrogens with zero attached hydrogens (tertiary/aromatic N) is 2. The van der Waals surface area contributed by atoms with E-state index in [-0.39, 0.29) is 12.8 Å². The van der Waals surface area contributed by atoms with Crippen LogP contribution in [0.4, 0.5) is 0 Å². The normalized spacial score (nSPS) is 22.9. The third-order valence-corrected chi connectivity index (χ3v) is 4.68. The fraction of sp³-hybridized carbons (Fsp3) is 0.700. The van der Waals surface area contributed by atoms with E-state index in [1.807, 2.05) is 0 Å². The van der Waals surface area contributed by atoms with Crippen molar-refractivity contribution in [1.29, 1.82) is 10.8 Å². The van der Waals surface area contributed by atoms with Gasteiger partial charge in [-0.25, -0.2) is 0 Å². The van der Waals surface area contributed by atoms with Gasteiger partial charge in [0.1, 0.15) is 11.7 Å². The largest absolute Gasteiger partial charge is 0.367 e. The second kappa shape index (κ2) is 9.54. The van der Waals surface area contributed by atoms with Crippen LogP contribution in [0.15, 0.2) is 0 Å². The maximum atomic E-state index is 12.6. The summed E-state index contributed by atoms with van der Waals surface area (Å²) in [4.78, 5) is 50.0. The highest BCUT2D eigenvalue weighted by molar-refractivity contribution is 6.18. The lowest BCUT2D eigenvalue weighted by Crippen LogP contribution is -2.81. The molecule has 0 spiro atoms. The lowest BCUT2D eigenvalue weighted by atomic mass is 9.98. The molecule has 14 nitrogen and oxygen atoms in total. The zero-order valence-corrected chi connectivity index (χ0v) is 20.8. The first kappa shape index (κ1) is 28.8. The quantitative estimate of drug-likeness (QED) is 0.162. The van der Waals surface area contributed by atoms with Crippen LogP contribution in [0.2, 0.25) is 0 Å². The van der Waals surface area contributed by atoms with Crippen LogP contribution in [0.25, 0.3) is 0 Å². The van der Waals surface area contributed by atoms with Crippen LogP contribution in [0.5, 0.6) is 0 Å². The third kappa shape index (κ3) is 5.99. The smallest absolute Gasteiger partial charge is 0.248 e. The van der Waals surface area contributed by atoms with Crippen molar-refractivity contribution in [1.82, 2.24) is 20.4 Å². The highest BCUT2D eigenvalue weighted by Crippen LogP contribution is 2.34. The maximum Gasteiger partial charge on any atom is 0.248 e. The van der Waals surface area contributed by atoms with Crippen LogP contribution < -0.4 is 22.1 Å². The summed E-state index contributed by atoms with van der Waals surface area (Å²) in [5, 5.41) is 22.5. The molecule has 1 aliphatic heterocycles. The summed E-state index contributed by atoms with van der Waals surface area (Å²) >= 11 is 0. The van der Waals surface area contributed by atoms with E-state index >= 15 is 0 Å². The molecule has 0 saturated carbocycles. The fourth-order valence-corrected chi connectivity index (χ4v) is 3.97. The Kier molecular flexibility index (Phi) is 8.07. The van der Waals surface area contributed by atoms with Crippen molar-refractivity contribution in [2.75, 3.05) is 0 Å². The number of carbonyl (C=O) groups is 4. The molecule has 4 unspecified atom stereocenters. The van der Waals surface area contributed by atoms with Crippen LogP contribution in [0, 0.1) is 10.8 Å². The van der Waals surface area contributed by atoms with Crippen molar-refractivity contribution in [2.24, 2.45) is 11.5 Å². The maximum absolute atomic E-state index is 12.6. The van der Waals surface area contributed by atoms with E-state index in [0.29, 0.717) is 0 Å². The molecular weight excluding hydrogens is 448 g/mol. The Labute approximate surface area is 198 Å². The number of carbonyl (C=O) groups excluding carboxylic acids is 4. The van der Waals surface area contributed by atoms with Crippen molar-refractivity contribution in [3.05, 3.63) is 0 Å². The monoisotopic (exact) mass is 484 g/mol. The van der Waals surface area contributed by atoms with Crippen molar-refractivity contribution >= 4 is 36.3 Å². The van der Waals surface area contributed by atoms with Crippen LogP contribution in [0.3, 0.4) is 0 Å². The number of nitrogens with two attached hydrogens (primary N) is 2. The number of amides is 4. The van der Waals surface area contributed by atoms with Gasteiger partial charge in [-0.3, -0.25) is 39.8 Å². The molecule has 0 aromatic carbocycles. The molecule has 0 aromatic heterocycles. The highest BCUT2D eigenvalue weighted by Gasteiger charge is 2.58. The van der Waals surface area contributed by atoms with Crippen LogP contribution in [0.1, 0.15) is 55.4 Å². The number of primary amides is 2. The predicted molar refractivity (Wildman–Crippen MR) is 122 cm³/mol. The van der Waals surface area contributed by atoms with Gasteiger partial charge >= 0.3 is 0 Å². The lowest BCUT2D eigenvalue weighted by Gasteiger charge is -2.57. The summed E-state index contributed by atoms with van der Waals surface area (Å²) in [5.74, 6) is -7.23. The van der Waals surface area contributed by atoms with Gasteiger partial charge in [0, 0.05) is 13.8 Å².